The van der Waals surface area contributed by atoms with E-state index in [9.17, 15) is 9.90 Å². The van der Waals surface area contributed by atoms with Crippen LogP contribution in [0.15, 0.2) is 57.7 Å². The van der Waals surface area contributed by atoms with E-state index in [0.29, 0.717) is 17.7 Å². The highest BCUT2D eigenvalue weighted by Crippen LogP contribution is 2.27. The third kappa shape index (κ3) is 3.12. The van der Waals surface area contributed by atoms with Crippen molar-refractivity contribution >= 4 is 11.0 Å². The van der Waals surface area contributed by atoms with Gasteiger partial charge in [-0.05, 0) is 37.1 Å². The summed E-state index contributed by atoms with van der Waals surface area (Å²) in [6.45, 7) is 4.37. The Morgan fingerprint density at radius 1 is 1.17 bits per heavy atom. The topological polar surface area (TPSA) is 62.5 Å². The zero-order valence-electron chi connectivity index (χ0n) is 13.2. The van der Waals surface area contributed by atoms with E-state index < -0.39 is 5.63 Å². The summed E-state index contributed by atoms with van der Waals surface area (Å²) in [6, 6.07) is 15.2. The molecular weight excluding hydrogens is 290 g/mol. The van der Waals surface area contributed by atoms with Crippen molar-refractivity contribution in [3.63, 3.8) is 0 Å². The average Bonchev–Trinajstić information content (AvgIpc) is 2.57. The number of hydrogen-bond acceptors (Lipinski definition) is 4. The molecule has 0 amide bonds. The standard InChI is InChI=1S/C19H19NO3/c1-12-17(21)9-8-16-15(10-18(22)23-19(12)16)11-20-13(2)14-6-4-3-5-7-14/h3-10,13,20-21H,11H2,1-2H3/t13-/m1/s1. The molecule has 2 aromatic carbocycles. The van der Waals surface area contributed by atoms with Gasteiger partial charge in [0.1, 0.15) is 11.3 Å². The predicted molar refractivity (Wildman–Crippen MR) is 90.6 cm³/mol. The molecule has 0 saturated heterocycles. The van der Waals surface area contributed by atoms with Crippen molar-refractivity contribution in [3.05, 3.63) is 75.6 Å². The molecule has 0 radical (unpaired) electrons. The van der Waals surface area contributed by atoms with Gasteiger partial charge < -0.3 is 14.8 Å². The molecule has 1 heterocycles. The van der Waals surface area contributed by atoms with Gasteiger partial charge in [-0.25, -0.2) is 4.79 Å². The van der Waals surface area contributed by atoms with Crippen molar-refractivity contribution in [2.75, 3.05) is 0 Å². The predicted octanol–water partition coefficient (Wildman–Crippen LogP) is 3.66. The molecule has 0 aliphatic heterocycles. The number of phenolic OH excluding ortho intramolecular Hbond substituents is 1. The quantitative estimate of drug-likeness (QED) is 0.722. The zero-order valence-corrected chi connectivity index (χ0v) is 13.2. The van der Waals surface area contributed by atoms with E-state index in [-0.39, 0.29) is 11.8 Å². The van der Waals surface area contributed by atoms with E-state index >= 15 is 0 Å². The Morgan fingerprint density at radius 3 is 2.65 bits per heavy atom. The number of aryl methyl sites for hydroxylation is 1. The van der Waals surface area contributed by atoms with Crippen molar-refractivity contribution in [2.45, 2.75) is 26.4 Å². The normalized spacial score (nSPS) is 12.4. The molecular formula is C19H19NO3. The SMILES string of the molecule is Cc1c(O)ccc2c(CN[C@H](C)c3ccccc3)cc(=O)oc12. The number of fused-ring (bicyclic) bond motifs is 1. The van der Waals surface area contributed by atoms with Crippen LogP contribution in [-0.2, 0) is 6.54 Å². The van der Waals surface area contributed by atoms with Gasteiger partial charge in [-0.1, -0.05) is 30.3 Å². The van der Waals surface area contributed by atoms with Gasteiger partial charge in [-0.3, -0.25) is 0 Å². The van der Waals surface area contributed by atoms with Crippen molar-refractivity contribution in [3.8, 4) is 5.75 Å². The summed E-state index contributed by atoms with van der Waals surface area (Å²) in [5, 5.41) is 14.1. The van der Waals surface area contributed by atoms with Crippen LogP contribution in [0.4, 0.5) is 0 Å². The summed E-state index contributed by atoms with van der Waals surface area (Å²) in [4.78, 5) is 11.8. The first-order valence-corrected chi connectivity index (χ1v) is 7.60. The molecule has 23 heavy (non-hydrogen) atoms. The summed E-state index contributed by atoms with van der Waals surface area (Å²) in [6.07, 6.45) is 0. The van der Waals surface area contributed by atoms with Crippen molar-refractivity contribution in [1.82, 2.24) is 5.32 Å². The van der Waals surface area contributed by atoms with Gasteiger partial charge in [0.05, 0.1) is 0 Å². The van der Waals surface area contributed by atoms with Gasteiger partial charge >= 0.3 is 5.63 Å². The Balaban J connectivity index is 1.91. The molecule has 4 heteroatoms. The molecule has 0 spiro atoms. The number of rotatable bonds is 4. The highest BCUT2D eigenvalue weighted by Gasteiger charge is 2.12. The third-order valence-corrected chi connectivity index (χ3v) is 4.12. The van der Waals surface area contributed by atoms with Crippen LogP contribution in [0.5, 0.6) is 5.75 Å². The summed E-state index contributed by atoms with van der Waals surface area (Å²) in [5.41, 5.74) is 2.67. The minimum Gasteiger partial charge on any atom is -0.508 e. The second-order valence-corrected chi connectivity index (χ2v) is 5.69. The lowest BCUT2D eigenvalue weighted by Crippen LogP contribution is -2.19. The largest absolute Gasteiger partial charge is 0.508 e. The molecule has 0 fully saturated rings. The van der Waals surface area contributed by atoms with Gasteiger partial charge in [0, 0.05) is 29.6 Å². The third-order valence-electron chi connectivity index (χ3n) is 4.12. The maximum Gasteiger partial charge on any atom is 0.336 e. The molecule has 0 bridgehead atoms. The highest BCUT2D eigenvalue weighted by atomic mass is 16.4. The summed E-state index contributed by atoms with van der Waals surface area (Å²) < 4.78 is 5.26. The lowest BCUT2D eigenvalue weighted by atomic mass is 10.0. The van der Waals surface area contributed by atoms with Crippen LogP contribution in [0.3, 0.4) is 0 Å². The molecule has 118 valence electrons. The summed E-state index contributed by atoms with van der Waals surface area (Å²) in [5.74, 6) is 0.128. The Kier molecular flexibility index (Phi) is 4.17. The minimum absolute atomic E-state index is 0.128. The molecule has 0 aliphatic carbocycles. The Labute approximate surface area is 134 Å². The van der Waals surface area contributed by atoms with Crippen LogP contribution < -0.4 is 10.9 Å². The van der Waals surface area contributed by atoms with E-state index in [2.05, 4.69) is 24.4 Å². The van der Waals surface area contributed by atoms with Gasteiger partial charge in [-0.15, -0.1) is 0 Å². The van der Waals surface area contributed by atoms with E-state index in [4.69, 9.17) is 4.42 Å². The van der Waals surface area contributed by atoms with Crippen molar-refractivity contribution in [1.29, 1.82) is 0 Å². The molecule has 0 saturated carbocycles. The first-order chi connectivity index (χ1) is 11.1. The maximum absolute atomic E-state index is 11.8. The van der Waals surface area contributed by atoms with Crippen LogP contribution in [0.25, 0.3) is 11.0 Å². The molecule has 3 rings (SSSR count). The molecule has 4 nitrogen and oxygen atoms in total. The van der Waals surface area contributed by atoms with Crippen LogP contribution in [-0.4, -0.2) is 5.11 Å². The molecule has 0 aliphatic rings. The number of benzene rings is 2. The number of hydrogen-bond donors (Lipinski definition) is 2. The van der Waals surface area contributed by atoms with Crippen LogP contribution >= 0.6 is 0 Å². The molecule has 0 unspecified atom stereocenters. The van der Waals surface area contributed by atoms with Crippen LogP contribution in [0.1, 0.15) is 29.7 Å². The number of phenols is 1. The fourth-order valence-corrected chi connectivity index (χ4v) is 2.68. The van der Waals surface area contributed by atoms with Crippen molar-refractivity contribution < 1.29 is 9.52 Å². The van der Waals surface area contributed by atoms with E-state index in [1.54, 1.807) is 19.1 Å². The lowest BCUT2D eigenvalue weighted by Gasteiger charge is -2.15. The Morgan fingerprint density at radius 2 is 1.91 bits per heavy atom. The second kappa shape index (κ2) is 6.26. The van der Waals surface area contributed by atoms with Crippen LogP contribution in [0, 0.1) is 6.92 Å². The lowest BCUT2D eigenvalue weighted by molar-refractivity contribution is 0.468. The maximum atomic E-state index is 11.8. The smallest absolute Gasteiger partial charge is 0.336 e. The van der Waals surface area contributed by atoms with Crippen LogP contribution in [0.2, 0.25) is 0 Å². The second-order valence-electron chi connectivity index (χ2n) is 5.69. The van der Waals surface area contributed by atoms with Gasteiger partial charge in [-0.2, -0.15) is 0 Å². The summed E-state index contributed by atoms with van der Waals surface area (Å²) >= 11 is 0. The first-order valence-electron chi connectivity index (χ1n) is 7.60. The molecule has 2 N–H and O–H groups in total. The fourth-order valence-electron chi connectivity index (χ4n) is 2.68. The monoisotopic (exact) mass is 309 g/mol. The minimum atomic E-state index is -0.407. The van der Waals surface area contributed by atoms with Crippen molar-refractivity contribution in [2.24, 2.45) is 0 Å². The number of nitrogens with one attached hydrogen (secondary N) is 1. The Hall–Kier alpha value is -2.59. The van der Waals surface area contributed by atoms with E-state index in [1.807, 2.05) is 18.2 Å². The zero-order chi connectivity index (χ0) is 16.4. The van der Waals surface area contributed by atoms with E-state index in [1.165, 1.54) is 11.6 Å². The Bertz CT molecular complexity index is 884. The van der Waals surface area contributed by atoms with E-state index in [0.717, 1.165) is 10.9 Å². The fraction of sp³-hybridized carbons (Fsp3) is 0.211. The van der Waals surface area contributed by atoms with Gasteiger partial charge in [0.25, 0.3) is 0 Å². The molecule has 3 aromatic rings. The highest BCUT2D eigenvalue weighted by molar-refractivity contribution is 5.84. The van der Waals surface area contributed by atoms with Gasteiger partial charge in [0.15, 0.2) is 0 Å². The first kappa shape index (κ1) is 15.3. The average molecular weight is 309 g/mol. The summed E-state index contributed by atoms with van der Waals surface area (Å²) in [7, 11) is 0. The molecule has 1 aromatic heterocycles. The molecule has 1 atom stereocenters. The number of aromatic hydroxyl groups is 1. The van der Waals surface area contributed by atoms with Gasteiger partial charge in [0.2, 0.25) is 0 Å².